The summed E-state index contributed by atoms with van der Waals surface area (Å²) in [6.07, 6.45) is 0.778. The van der Waals surface area contributed by atoms with Gasteiger partial charge in [0.1, 0.15) is 6.04 Å². The van der Waals surface area contributed by atoms with Crippen molar-refractivity contribution in [2.45, 2.75) is 19.4 Å². The molecule has 0 radical (unpaired) electrons. The number of halogens is 1. The fourth-order valence-corrected chi connectivity index (χ4v) is 3.09. The molecule has 2 heterocycles. The van der Waals surface area contributed by atoms with E-state index < -0.39 is 6.04 Å². The first-order valence-corrected chi connectivity index (χ1v) is 9.05. The molecule has 0 spiro atoms. The van der Waals surface area contributed by atoms with Gasteiger partial charge in [-0.15, -0.1) is 11.3 Å². The van der Waals surface area contributed by atoms with Crippen molar-refractivity contribution >= 4 is 40.4 Å². The molecule has 1 aliphatic rings. The highest BCUT2D eigenvalue weighted by molar-refractivity contribution is 7.12. The zero-order valence-electron chi connectivity index (χ0n) is 13.5. The minimum absolute atomic E-state index is 0.289. The standard InChI is InChI=1S/C17H17ClN2O4S/c1-10(19-17(22)15-4-2-7-25-15)16(21)20-12-9-14-13(8-11(12)18)23-5-3-6-24-14/h2,4,7-10H,3,5-6H2,1H3,(H,19,22)(H,20,21). The number of ether oxygens (including phenoxy) is 2. The number of hydrogen-bond donors (Lipinski definition) is 2. The van der Waals surface area contributed by atoms with Crippen LogP contribution in [0, 0.1) is 0 Å². The Bertz CT molecular complexity index is 779. The Labute approximate surface area is 154 Å². The lowest BCUT2D eigenvalue weighted by atomic mass is 10.2. The van der Waals surface area contributed by atoms with Crippen molar-refractivity contribution in [2.24, 2.45) is 0 Å². The van der Waals surface area contributed by atoms with Gasteiger partial charge in [-0.25, -0.2) is 0 Å². The van der Waals surface area contributed by atoms with E-state index in [1.54, 1.807) is 36.6 Å². The van der Waals surface area contributed by atoms with Gasteiger partial charge in [0.05, 0.1) is 28.8 Å². The normalized spacial score (nSPS) is 14.3. The van der Waals surface area contributed by atoms with E-state index in [9.17, 15) is 9.59 Å². The van der Waals surface area contributed by atoms with Crippen LogP contribution in [-0.4, -0.2) is 31.1 Å². The van der Waals surface area contributed by atoms with Gasteiger partial charge in [0.2, 0.25) is 5.91 Å². The molecule has 2 amide bonds. The Morgan fingerprint density at radius 3 is 2.64 bits per heavy atom. The quantitative estimate of drug-likeness (QED) is 0.853. The van der Waals surface area contributed by atoms with Crippen LogP contribution in [0.5, 0.6) is 11.5 Å². The summed E-state index contributed by atoms with van der Waals surface area (Å²) >= 11 is 7.53. The summed E-state index contributed by atoms with van der Waals surface area (Å²) in [7, 11) is 0. The average Bonchev–Trinajstić information content (AvgIpc) is 3.03. The largest absolute Gasteiger partial charge is 0.490 e. The number of carbonyl (C=O) groups excluding carboxylic acids is 2. The van der Waals surface area contributed by atoms with Crippen LogP contribution in [0.25, 0.3) is 0 Å². The molecule has 1 aromatic heterocycles. The first-order chi connectivity index (χ1) is 12.0. The molecule has 25 heavy (non-hydrogen) atoms. The highest BCUT2D eigenvalue weighted by atomic mass is 35.5. The van der Waals surface area contributed by atoms with Crippen molar-refractivity contribution in [2.75, 3.05) is 18.5 Å². The maximum Gasteiger partial charge on any atom is 0.261 e. The number of amides is 2. The van der Waals surface area contributed by atoms with Crippen LogP contribution in [-0.2, 0) is 4.79 Å². The predicted octanol–water partition coefficient (Wildman–Crippen LogP) is 3.32. The average molecular weight is 381 g/mol. The van der Waals surface area contributed by atoms with E-state index >= 15 is 0 Å². The summed E-state index contributed by atoms with van der Waals surface area (Å²) < 4.78 is 11.1. The first-order valence-electron chi connectivity index (χ1n) is 7.79. The fraction of sp³-hybridized carbons (Fsp3) is 0.294. The van der Waals surface area contributed by atoms with Crippen LogP contribution in [0.3, 0.4) is 0 Å². The lowest BCUT2D eigenvalue weighted by Crippen LogP contribution is -2.41. The Kier molecular flexibility index (Phi) is 5.45. The van der Waals surface area contributed by atoms with E-state index in [4.69, 9.17) is 21.1 Å². The summed E-state index contributed by atoms with van der Waals surface area (Å²) in [4.78, 5) is 24.9. The zero-order chi connectivity index (χ0) is 17.8. The van der Waals surface area contributed by atoms with Gasteiger partial charge in [-0.2, -0.15) is 0 Å². The molecule has 1 aromatic carbocycles. The lowest BCUT2D eigenvalue weighted by molar-refractivity contribution is -0.117. The molecule has 3 rings (SSSR count). The molecule has 6 nitrogen and oxygen atoms in total. The number of rotatable bonds is 4. The van der Waals surface area contributed by atoms with Crippen LogP contribution in [0.4, 0.5) is 5.69 Å². The van der Waals surface area contributed by atoms with E-state index in [1.807, 2.05) is 0 Å². The monoisotopic (exact) mass is 380 g/mol. The van der Waals surface area contributed by atoms with Crippen LogP contribution in [0.1, 0.15) is 23.0 Å². The lowest BCUT2D eigenvalue weighted by Gasteiger charge is -2.16. The molecular weight excluding hydrogens is 364 g/mol. The number of nitrogens with one attached hydrogen (secondary N) is 2. The van der Waals surface area contributed by atoms with Gasteiger partial charge >= 0.3 is 0 Å². The molecule has 2 N–H and O–H groups in total. The Balaban J connectivity index is 1.68. The molecule has 1 unspecified atom stereocenters. The summed E-state index contributed by atoms with van der Waals surface area (Å²) in [6, 6.07) is 6.01. The van der Waals surface area contributed by atoms with Crippen molar-refractivity contribution < 1.29 is 19.1 Å². The van der Waals surface area contributed by atoms with Crippen LogP contribution < -0.4 is 20.1 Å². The van der Waals surface area contributed by atoms with Gasteiger partial charge in [0, 0.05) is 18.6 Å². The molecule has 1 aliphatic heterocycles. The summed E-state index contributed by atoms with van der Waals surface area (Å²) in [5, 5.41) is 7.51. The van der Waals surface area contributed by atoms with Crippen molar-refractivity contribution in [1.29, 1.82) is 0 Å². The van der Waals surface area contributed by atoms with Crippen LogP contribution >= 0.6 is 22.9 Å². The number of anilines is 1. The maximum atomic E-state index is 12.4. The van der Waals surface area contributed by atoms with Crippen LogP contribution in [0.15, 0.2) is 29.6 Å². The maximum absolute atomic E-state index is 12.4. The van der Waals surface area contributed by atoms with E-state index in [0.717, 1.165) is 6.42 Å². The van der Waals surface area contributed by atoms with E-state index in [2.05, 4.69) is 10.6 Å². The fourth-order valence-electron chi connectivity index (χ4n) is 2.26. The third-order valence-electron chi connectivity index (χ3n) is 3.58. The number of fused-ring (bicyclic) bond motifs is 1. The highest BCUT2D eigenvalue weighted by Crippen LogP contribution is 2.37. The minimum atomic E-state index is -0.721. The van der Waals surface area contributed by atoms with E-state index in [-0.39, 0.29) is 11.8 Å². The number of thiophene rings is 1. The van der Waals surface area contributed by atoms with Crippen LogP contribution in [0.2, 0.25) is 5.02 Å². The molecule has 1 atom stereocenters. The van der Waals surface area contributed by atoms with E-state index in [1.165, 1.54) is 11.3 Å². The SMILES string of the molecule is CC(NC(=O)c1cccs1)C(=O)Nc1cc2c(cc1Cl)OCCCO2. The van der Waals surface area contributed by atoms with Crippen molar-refractivity contribution in [3.8, 4) is 11.5 Å². The Hall–Kier alpha value is -2.25. The smallest absolute Gasteiger partial charge is 0.261 e. The number of carbonyl (C=O) groups is 2. The third kappa shape index (κ3) is 4.24. The molecule has 0 bridgehead atoms. The molecule has 0 aliphatic carbocycles. The summed E-state index contributed by atoms with van der Waals surface area (Å²) in [5.74, 6) is 0.427. The van der Waals surface area contributed by atoms with Crippen molar-refractivity contribution in [3.63, 3.8) is 0 Å². The molecular formula is C17H17ClN2O4S. The Morgan fingerprint density at radius 2 is 1.96 bits per heavy atom. The third-order valence-corrected chi connectivity index (χ3v) is 4.76. The first kappa shape index (κ1) is 17.6. The van der Waals surface area contributed by atoms with Gasteiger partial charge in [-0.3, -0.25) is 9.59 Å². The highest BCUT2D eigenvalue weighted by Gasteiger charge is 2.20. The zero-order valence-corrected chi connectivity index (χ0v) is 15.1. The molecule has 2 aromatic rings. The summed E-state index contributed by atoms with van der Waals surface area (Å²) in [5.41, 5.74) is 0.410. The van der Waals surface area contributed by atoms with Gasteiger partial charge in [-0.1, -0.05) is 17.7 Å². The van der Waals surface area contributed by atoms with Gasteiger partial charge in [-0.05, 0) is 18.4 Å². The van der Waals surface area contributed by atoms with Gasteiger partial charge < -0.3 is 20.1 Å². The topological polar surface area (TPSA) is 76.7 Å². The molecule has 0 fully saturated rings. The van der Waals surface area contributed by atoms with E-state index in [0.29, 0.717) is 40.3 Å². The number of hydrogen-bond acceptors (Lipinski definition) is 5. The summed E-state index contributed by atoms with van der Waals surface area (Å²) in [6.45, 7) is 2.70. The second-order valence-corrected chi connectivity index (χ2v) is 6.85. The second-order valence-electron chi connectivity index (χ2n) is 5.49. The van der Waals surface area contributed by atoms with Gasteiger partial charge in [0.25, 0.3) is 5.91 Å². The van der Waals surface area contributed by atoms with Crippen molar-refractivity contribution in [1.82, 2.24) is 5.32 Å². The Morgan fingerprint density at radius 1 is 1.24 bits per heavy atom. The van der Waals surface area contributed by atoms with Crippen molar-refractivity contribution in [3.05, 3.63) is 39.5 Å². The minimum Gasteiger partial charge on any atom is -0.490 e. The van der Waals surface area contributed by atoms with Gasteiger partial charge in [0.15, 0.2) is 11.5 Å². The number of benzene rings is 1. The predicted molar refractivity (Wildman–Crippen MR) is 96.9 cm³/mol. The molecule has 8 heteroatoms. The molecule has 0 saturated heterocycles. The second kappa shape index (κ2) is 7.76. The molecule has 0 saturated carbocycles. The molecule has 132 valence electrons.